The fourth-order valence-corrected chi connectivity index (χ4v) is 5.85. The minimum Gasteiger partial charge on any atom is -0.350 e. The highest BCUT2D eigenvalue weighted by Gasteiger charge is 2.33. The third-order valence-corrected chi connectivity index (χ3v) is 8.34. The van der Waals surface area contributed by atoms with Gasteiger partial charge in [0.15, 0.2) is 0 Å². The summed E-state index contributed by atoms with van der Waals surface area (Å²) in [5, 5.41) is 3.91. The standard InChI is InChI=1S/C28H30Cl3N3O4S/c1-19(27(36)32-28(2,3)4)33(17-20-13-14-22(30)16-25(20)31)26(35)18-34(23-10-8-9-21(29)15-23)39(37,38)24-11-6-5-7-12-24/h5-16,19H,17-18H2,1-4H3,(H,32,36)/t19-/m1/s1. The average Bonchev–Trinajstić information content (AvgIpc) is 2.85. The molecular weight excluding hydrogens is 581 g/mol. The largest absolute Gasteiger partial charge is 0.350 e. The van der Waals surface area contributed by atoms with E-state index in [1.807, 2.05) is 20.8 Å². The highest BCUT2D eigenvalue weighted by molar-refractivity contribution is 7.92. The van der Waals surface area contributed by atoms with E-state index in [0.717, 1.165) is 4.31 Å². The molecule has 0 fully saturated rings. The first-order chi connectivity index (χ1) is 18.2. The van der Waals surface area contributed by atoms with Gasteiger partial charge < -0.3 is 10.2 Å². The molecule has 0 bridgehead atoms. The van der Waals surface area contributed by atoms with Crippen molar-refractivity contribution in [2.24, 2.45) is 0 Å². The number of nitrogens with zero attached hydrogens (tertiary/aromatic N) is 2. The van der Waals surface area contributed by atoms with Gasteiger partial charge in [-0.25, -0.2) is 8.42 Å². The first-order valence-electron chi connectivity index (χ1n) is 12.1. The second-order valence-corrected chi connectivity index (χ2v) is 13.1. The Morgan fingerprint density at radius 3 is 2.13 bits per heavy atom. The second-order valence-electron chi connectivity index (χ2n) is 9.98. The van der Waals surface area contributed by atoms with Gasteiger partial charge in [-0.05, 0) is 75.7 Å². The van der Waals surface area contributed by atoms with Gasteiger partial charge in [0.2, 0.25) is 11.8 Å². The summed E-state index contributed by atoms with van der Waals surface area (Å²) >= 11 is 18.6. The third-order valence-electron chi connectivity index (χ3n) is 5.73. The zero-order valence-corrected chi connectivity index (χ0v) is 25.1. The van der Waals surface area contributed by atoms with Gasteiger partial charge in [0, 0.05) is 27.2 Å². The van der Waals surface area contributed by atoms with Crippen LogP contribution in [-0.4, -0.2) is 43.3 Å². The van der Waals surface area contributed by atoms with Crippen LogP contribution in [0.2, 0.25) is 15.1 Å². The maximum Gasteiger partial charge on any atom is 0.264 e. The predicted molar refractivity (Wildman–Crippen MR) is 157 cm³/mol. The summed E-state index contributed by atoms with van der Waals surface area (Å²) in [5.41, 5.74) is 0.197. The SMILES string of the molecule is C[C@H](C(=O)NC(C)(C)C)N(Cc1ccc(Cl)cc1Cl)C(=O)CN(c1cccc(Cl)c1)S(=O)(=O)c1ccccc1. The van der Waals surface area contributed by atoms with Crippen molar-refractivity contribution in [3.05, 3.63) is 93.4 Å². The molecular formula is C28H30Cl3N3O4S. The van der Waals surface area contributed by atoms with Crippen LogP contribution in [0, 0.1) is 0 Å². The molecule has 2 amide bonds. The highest BCUT2D eigenvalue weighted by Crippen LogP contribution is 2.28. The summed E-state index contributed by atoms with van der Waals surface area (Å²) in [6, 6.07) is 17.9. The van der Waals surface area contributed by atoms with E-state index in [0.29, 0.717) is 20.6 Å². The molecule has 208 valence electrons. The minimum atomic E-state index is -4.18. The molecule has 0 heterocycles. The Labute approximate surface area is 244 Å². The van der Waals surface area contributed by atoms with Crippen molar-refractivity contribution in [3.8, 4) is 0 Å². The Kier molecular flexibility index (Phi) is 9.93. The fourth-order valence-electron chi connectivity index (χ4n) is 3.77. The number of amides is 2. The van der Waals surface area contributed by atoms with Gasteiger partial charge >= 0.3 is 0 Å². The normalized spacial score (nSPS) is 12.5. The van der Waals surface area contributed by atoms with Crippen molar-refractivity contribution in [3.63, 3.8) is 0 Å². The molecule has 0 saturated carbocycles. The molecule has 11 heteroatoms. The van der Waals surface area contributed by atoms with Crippen molar-refractivity contribution in [2.75, 3.05) is 10.8 Å². The second kappa shape index (κ2) is 12.6. The zero-order chi connectivity index (χ0) is 29.0. The lowest BCUT2D eigenvalue weighted by Crippen LogP contribution is -2.54. The number of anilines is 1. The predicted octanol–water partition coefficient (Wildman–Crippen LogP) is 6.17. The Morgan fingerprint density at radius 1 is 0.897 bits per heavy atom. The van der Waals surface area contributed by atoms with E-state index in [4.69, 9.17) is 34.8 Å². The van der Waals surface area contributed by atoms with E-state index in [9.17, 15) is 18.0 Å². The molecule has 1 N–H and O–H groups in total. The first kappa shape index (κ1) is 30.8. The maximum atomic E-state index is 13.9. The van der Waals surface area contributed by atoms with Crippen LogP contribution < -0.4 is 9.62 Å². The Balaban J connectivity index is 2.05. The van der Waals surface area contributed by atoms with Crippen molar-refractivity contribution in [2.45, 2.75) is 50.7 Å². The molecule has 1 atom stereocenters. The number of hydrogen-bond acceptors (Lipinski definition) is 4. The number of nitrogens with one attached hydrogen (secondary N) is 1. The van der Waals surface area contributed by atoms with E-state index < -0.39 is 40.0 Å². The van der Waals surface area contributed by atoms with Gasteiger partial charge in [-0.2, -0.15) is 0 Å². The fraction of sp³-hybridized carbons (Fsp3) is 0.286. The molecule has 3 rings (SSSR count). The van der Waals surface area contributed by atoms with Gasteiger partial charge in [0.05, 0.1) is 10.6 Å². The number of halogens is 3. The molecule has 0 aliphatic rings. The number of rotatable bonds is 9. The highest BCUT2D eigenvalue weighted by atomic mass is 35.5. The summed E-state index contributed by atoms with van der Waals surface area (Å²) in [5.74, 6) is -1.02. The lowest BCUT2D eigenvalue weighted by Gasteiger charge is -2.33. The summed E-state index contributed by atoms with van der Waals surface area (Å²) in [6.45, 7) is 6.42. The van der Waals surface area contributed by atoms with E-state index in [-0.39, 0.29) is 17.1 Å². The van der Waals surface area contributed by atoms with Crippen LogP contribution >= 0.6 is 34.8 Å². The van der Waals surface area contributed by atoms with E-state index in [2.05, 4.69) is 5.32 Å². The number of sulfonamides is 1. The first-order valence-corrected chi connectivity index (χ1v) is 14.7. The van der Waals surface area contributed by atoms with Crippen molar-refractivity contribution in [1.82, 2.24) is 10.2 Å². The summed E-state index contributed by atoms with van der Waals surface area (Å²) in [4.78, 5) is 28.4. The lowest BCUT2D eigenvalue weighted by molar-refractivity contribution is -0.140. The number of hydrogen-bond donors (Lipinski definition) is 1. The number of carbonyl (C=O) groups excluding carboxylic acids is 2. The summed E-state index contributed by atoms with van der Waals surface area (Å²) in [7, 11) is -4.18. The van der Waals surface area contributed by atoms with Gasteiger partial charge in [0.25, 0.3) is 10.0 Å². The lowest BCUT2D eigenvalue weighted by atomic mass is 10.1. The van der Waals surface area contributed by atoms with Crippen LogP contribution in [0.25, 0.3) is 0 Å². The van der Waals surface area contributed by atoms with Crippen molar-refractivity contribution < 1.29 is 18.0 Å². The van der Waals surface area contributed by atoms with Crippen LogP contribution in [0.5, 0.6) is 0 Å². The van der Waals surface area contributed by atoms with Gasteiger partial charge in [-0.15, -0.1) is 0 Å². The molecule has 0 aromatic heterocycles. The van der Waals surface area contributed by atoms with Gasteiger partial charge in [-0.3, -0.25) is 13.9 Å². The Bertz CT molecular complexity index is 1440. The smallest absolute Gasteiger partial charge is 0.264 e. The number of benzene rings is 3. The Morgan fingerprint density at radius 2 is 1.54 bits per heavy atom. The molecule has 0 radical (unpaired) electrons. The van der Waals surface area contributed by atoms with Crippen LogP contribution in [-0.2, 0) is 26.2 Å². The zero-order valence-electron chi connectivity index (χ0n) is 22.0. The minimum absolute atomic E-state index is 0.00333. The molecule has 0 aliphatic heterocycles. The van der Waals surface area contributed by atoms with E-state index in [1.165, 1.54) is 23.1 Å². The monoisotopic (exact) mass is 609 g/mol. The Hall–Kier alpha value is -2.78. The molecule has 3 aromatic rings. The van der Waals surface area contributed by atoms with Gasteiger partial charge in [-0.1, -0.05) is 65.1 Å². The topological polar surface area (TPSA) is 86.8 Å². The molecule has 3 aromatic carbocycles. The van der Waals surface area contributed by atoms with Crippen LogP contribution in [0.15, 0.2) is 77.7 Å². The molecule has 0 aliphatic carbocycles. The van der Waals surface area contributed by atoms with Gasteiger partial charge in [0.1, 0.15) is 12.6 Å². The van der Waals surface area contributed by atoms with E-state index in [1.54, 1.807) is 61.5 Å². The number of carbonyl (C=O) groups is 2. The molecule has 39 heavy (non-hydrogen) atoms. The van der Waals surface area contributed by atoms with E-state index >= 15 is 0 Å². The van der Waals surface area contributed by atoms with Crippen molar-refractivity contribution >= 4 is 62.3 Å². The molecule has 0 spiro atoms. The summed E-state index contributed by atoms with van der Waals surface area (Å²) < 4.78 is 28.5. The quantitative estimate of drug-likeness (QED) is 0.314. The van der Waals surface area contributed by atoms with Crippen molar-refractivity contribution in [1.29, 1.82) is 0 Å². The maximum absolute atomic E-state index is 13.9. The van der Waals surface area contributed by atoms with Crippen LogP contribution in [0.1, 0.15) is 33.3 Å². The van der Waals surface area contributed by atoms with Crippen LogP contribution in [0.4, 0.5) is 5.69 Å². The summed E-state index contributed by atoms with van der Waals surface area (Å²) in [6.07, 6.45) is 0. The molecule has 0 saturated heterocycles. The molecule has 0 unspecified atom stereocenters. The van der Waals surface area contributed by atoms with Crippen LogP contribution in [0.3, 0.4) is 0 Å². The average molecular weight is 611 g/mol. The third kappa shape index (κ3) is 8.11. The molecule has 7 nitrogen and oxygen atoms in total.